The molecule has 0 radical (unpaired) electrons. The summed E-state index contributed by atoms with van der Waals surface area (Å²) in [6, 6.07) is 14.8. The Morgan fingerprint density at radius 2 is 1.87 bits per heavy atom. The Balaban J connectivity index is 1.36. The van der Waals surface area contributed by atoms with E-state index in [2.05, 4.69) is 15.0 Å². The molecule has 0 bridgehead atoms. The second-order valence-corrected chi connectivity index (χ2v) is 11.3. The van der Waals surface area contributed by atoms with Crippen LogP contribution in [0.3, 0.4) is 0 Å². The zero-order chi connectivity index (χ0) is 27.9. The molecular formula is C27H25F2N3O6S. The van der Waals surface area contributed by atoms with Gasteiger partial charge in [-0.3, -0.25) is 4.79 Å². The van der Waals surface area contributed by atoms with Crippen LogP contribution < -0.4 is 14.8 Å². The molecular weight excluding hydrogens is 532 g/mol. The Labute approximate surface area is 222 Å². The molecule has 0 fully saturated rings. The maximum absolute atomic E-state index is 13.6. The van der Waals surface area contributed by atoms with Gasteiger partial charge in [0.1, 0.15) is 5.82 Å². The molecule has 2 N–H and O–H groups in total. The molecule has 204 valence electrons. The molecule has 5 rings (SSSR count). The molecule has 0 aliphatic carbocycles. The van der Waals surface area contributed by atoms with Crippen molar-refractivity contribution in [3.8, 4) is 11.5 Å². The first-order valence-electron chi connectivity index (χ1n) is 12.1. The highest BCUT2D eigenvalue weighted by atomic mass is 32.2. The molecule has 12 heteroatoms. The minimum atomic E-state index is -3.73. The number of carbonyl (C=O) groups excluding carboxylic acids is 1. The van der Waals surface area contributed by atoms with Crippen molar-refractivity contribution in [3.05, 3.63) is 83.2 Å². The van der Waals surface area contributed by atoms with Gasteiger partial charge in [-0.15, -0.1) is 8.78 Å². The predicted octanol–water partition coefficient (Wildman–Crippen LogP) is 3.97. The fourth-order valence-corrected chi connectivity index (χ4v) is 5.35. The van der Waals surface area contributed by atoms with Crippen LogP contribution in [0.5, 0.6) is 11.5 Å². The normalized spacial score (nSPS) is 14.9. The van der Waals surface area contributed by atoms with Crippen LogP contribution in [0.25, 0.3) is 11.0 Å². The number of para-hydroxylation sites is 1. The molecule has 2 heterocycles. The summed E-state index contributed by atoms with van der Waals surface area (Å²) < 4.78 is 62.4. The number of hydrogen-bond donors (Lipinski definition) is 2. The SMILES string of the molecule is CCS(=O)(=O)c1ccc([C@H](CO)NC(=O)c2ccc3c(c2)nc(C)n3Cc2cccc3c2OC(F)(F)O3)cc1. The Bertz CT molecular complexity index is 1670. The van der Waals surface area contributed by atoms with Gasteiger partial charge in [-0.1, -0.05) is 31.2 Å². The Morgan fingerprint density at radius 3 is 2.56 bits per heavy atom. The number of rotatable bonds is 8. The molecule has 1 aliphatic rings. The van der Waals surface area contributed by atoms with Gasteiger partial charge in [0.15, 0.2) is 21.3 Å². The number of fused-ring (bicyclic) bond motifs is 2. The minimum Gasteiger partial charge on any atom is -0.395 e. The van der Waals surface area contributed by atoms with Crippen LogP contribution in [-0.2, 0) is 16.4 Å². The number of carbonyl (C=O) groups is 1. The molecule has 0 saturated carbocycles. The summed E-state index contributed by atoms with van der Waals surface area (Å²) in [4.78, 5) is 17.7. The predicted molar refractivity (Wildman–Crippen MR) is 138 cm³/mol. The van der Waals surface area contributed by atoms with Crippen molar-refractivity contribution in [2.75, 3.05) is 12.4 Å². The van der Waals surface area contributed by atoms with Crippen LogP contribution >= 0.6 is 0 Å². The van der Waals surface area contributed by atoms with E-state index in [-0.39, 0.29) is 28.7 Å². The molecule has 1 aliphatic heterocycles. The molecule has 0 unspecified atom stereocenters. The summed E-state index contributed by atoms with van der Waals surface area (Å²) in [5.41, 5.74) is 2.53. The number of benzene rings is 3. The number of amides is 1. The van der Waals surface area contributed by atoms with Crippen molar-refractivity contribution in [1.29, 1.82) is 0 Å². The van der Waals surface area contributed by atoms with E-state index in [1.165, 1.54) is 18.2 Å². The minimum absolute atomic E-state index is 0.0318. The Hall–Kier alpha value is -4.03. The molecule has 0 spiro atoms. The van der Waals surface area contributed by atoms with Crippen LogP contribution in [-0.4, -0.2) is 47.6 Å². The number of imidazole rings is 1. The first kappa shape index (κ1) is 26.6. The highest BCUT2D eigenvalue weighted by Gasteiger charge is 2.44. The number of aliphatic hydroxyl groups excluding tert-OH is 1. The summed E-state index contributed by atoms with van der Waals surface area (Å²) in [5.74, 6) is 0.0348. The maximum Gasteiger partial charge on any atom is 0.586 e. The summed E-state index contributed by atoms with van der Waals surface area (Å²) in [6.45, 7) is 3.11. The quantitative estimate of drug-likeness (QED) is 0.336. The molecule has 1 atom stereocenters. The first-order chi connectivity index (χ1) is 18.5. The molecule has 4 aromatic rings. The van der Waals surface area contributed by atoms with E-state index in [0.29, 0.717) is 33.5 Å². The number of nitrogens with one attached hydrogen (secondary N) is 1. The highest BCUT2D eigenvalue weighted by molar-refractivity contribution is 7.91. The molecule has 9 nitrogen and oxygen atoms in total. The number of aromatic nitrogens is 2. The van der Waals surface area contributed by atoms with Gasteiger partial charge >= 0.3 is 6.29 Å². The standard InChI is InChI=1S/C27H25F2N3O6S/c1-3-39(35,36)20-10-7-17(8-11-20)22(15-33)31-26(34)18-9-12-23-21(13-18)30-16(2)32(23)14-19-5-4-6-24-25(19)38-27(28,29)37-24/h4-13,22,33H,3,14-15H2,1-2H3,(H,31,34)/t22-/m0/s1. The van der Waals surface area contributed by atoms with E-state index in [9.17, 15) is 27.1 Å². The average molecular weight is 558 g/mol. The molecule has 1 aromatic heterocycles. The average Bonchev–Trinajstić information content (AvgIpc) is 3.41. The second kappa shape index (κ2) is 9.93. The van der Waals surface area contributed by atoms with Crippen LogP contribution in [0.4, 0.5) is 8.78 Å². The van der Waals surface area contributed by atoms with Crippen molar-refractivity contribution in [2.45, 2.75) is 37.6 Å². The molecule has 39 heavy (non-hydrogen) atoms. The first-order valence-corrected chi connectivity index (χ1v) is 13.8. The summed E-state index contributed by atoms with van der Waals surface area (Å²) in [6.07, 6.45) is -3.73. The van der Waals surface area contributed by atoms with Crippen LogP contribution in [0.2, 0.25) is 0 Å². The van der Waals surface area contributed by atoms with E-state index in [4.69, 9.17) is 4.74 Å². The summed E-state index contributed by atoms with van der Waals surface area (Å²) >= 11 is 0. The monoisotopic (exact) mass is 557 g/mol. The van der Waals surface area contributed by atoms with Crippen molar-refractivity contribution >= 4 is 26.8 Å². The third-order valence-electron chi connectivity index (χ3n) is 6.55. The third kappa shape index (κ3) is 5.17. The number of hydrogen-bond acceptors (Lipinski definition) is 7. The molecule has 3 aromatic carbocycles. The number of sulfone groups is 1. The van der Waals surface area contributed by atoms with Gasteiger partial charge in [-0.05, 0) is 48.9 Å². The van der Waals surface area contributed by atoms with Crippen molar-refractivity contribution < 1.29 is 36.6 Å². The van der Waals surface area contributed by atoms with E-state index < -0.39 is 34.7 Å². The van der Waals surface area contributed by atoms with Crippen molar-refractivity contribution in [2.24, 2.45) is 0 Å². The zero-order valence-corrected chi connectivity index (χ0v) is 21.8. The fraction of sp³-hybridized carbons (Fsp3) is 0.259. The highest BCUT2D eigenvalue weighted by Crippen LogP contribution is 2.43. The second-order valence-electron chi connectivity index (χ2n) is 9.04. The van der Waals surface area contributed by atoms with Gasteiger partial charge in [0, 0.05) is 11.1 Å². The van der Waals surface area contributed by atoms with Gasteiger partial charge in [0.05, 0.1) is 40.9 Å². The number of alkyl halides is 2. The largest absolute Gasteiger partial charge is 0.586 e. The number of ether oxygens (including phenoxy) is 2. The number of aliphatic hydroxyl groups is 1. The van der Waals surface area contributed by atoms with E-state index >= 15 is 0 Å². The van der Waals surface area contributed by atoms with Gasteiger partial charge in [-0.2, -0.15) is 0 Å². The lowest BCUT2D eigenvalue weighted by molar-refractivity contribution is -0.286. The lowest BCUT2D eigenvalue weighted by atomic mass is 10.1. The van der Waals surface area contributed by atoms with E-state index in [0.717, 1.165) is 0 Å². The number of halogens is 2. The van der Waals surface area contributed by atoms with Crippen molar-refractivity contribution in [3.63, 3.8) is 0 Å². The fourth-order valence-electron chi connectivity index (χ4n) is 4.46. The smallest absolute Gasteiger partial charge is 0.395 e. The maximum atomic E-state index is 13.6. The Morgan fingerprint density at radius 1 is 1.13 bits per heavy atom. The van der Waals surface area contributed by atoms with Gasteiger partial charge in [0.25, 0.3) is 5.91 Å². The molecule has 1 amide bonds. The lowest BCUT2D eigenvalue weighted by Gasteiger charge is -2.17. The van der Waals surface area contributed by atoms with Gasteiger partial charge < -0.3 is 24.5 Å². The molecule has 0 saturated heterocycles. The van der Waals surface area contributed by atoms with Crippen LogP contribution in [0.15, 0.2) is 65.6 Å². The lowest BCUT2D eigenvalue weighted by Crippen LogP contribution is -2.30. The van der Waals surface area contributed by atoms with E-state index in [1.54, 1.807) is 56.3 Å². The summed E-state index contributed by atoms with van der Waals surface area (Å²) in [7, 11) is -3.37. The number of nitrogens with zero attached hydrogens (tertiary/aromatic N) is 2. The Kier molecular flexibility index (Phi) is 6.77. The third-order valence-corrected chi connectivity index (χ3v) is 8.30. The van der Waals surface area contributed by atoms with Crippen LogP contribution in [0, 0.1) is 6.92 Å². The zero-order valence-electron chi connectivity index (χ0n) is 21.0. The van der Waals surface area contributed by atoms with Gasteiger partial charge in [-0.25, -0.2) is 13.4 Å². The topological polar surface area (TPSA) is 120 Å². The van der Waals surface area contributed by atoms with Gasteiger partial charge in [0.2, 0.25) is 0 Å². The number of aryl methyl sites for hydroxylation is 1. The van der Waals surface area contributed by atoms with Crippen molar-refractivity contribution in [1.82, 2.24) is 14.9 Å². The van der Waals surface area contributed by atoms with Crippen LogP contribution in [0.1, 0.15) is 40.3 Å². The van der Waals surface area contributed by atoms with E-state index in [1.807, 2.05) is 4.57 Å². The summed E-state index contributed by atoms with van der Waals surface area (Å²) in [5, 5.41) is 12.6.